The number of benzene rings is 1. The Hall–Kier alpha value is -3.06. The van der Waals surface area contributed by atoms with Gasteiger partial charge in [0.05, 0.1) is 27.4 Å². The zero-order valence-electron chi connectivity index (χ0n) is 15.8. The molecule has 4 N–H and O–H groups in total. The molecule has 0 spiro atoms. The van der Waals surface area contributed by atoms with Crippen LogP contribution in [0.25, 0.3) is 22.2 Å². The zero-order valence-corrected chi connectivity index (χ0v) is 17.4. The lowest BCUT2D eigenvalue weighted by atomic mass is 9.93. The van der Waals surface area contributed by atoms with Gasteiger partial charge < -0.3 is 5.11 Å². The van der Waals surface area contributed by atoms with Crippen LogP contribution >= 0.6 is 11.6 Å². The molecular formula is C19H13ClF3N5O3S. The molecule has 3 heterocycles. The third-order valence-corrected chi connectivity index (χ3v) is 5.89. The summed E-state index contributed by atoms with van der Waals surface area (Å²) in [5, 5.41) is 23.1. The van der Waals surface area contributed by atoms with E-state index in [-0.39, 0.29) is 21.8 Å². The van der Waals surface area contributed by atoms with Gasteiger partial charge in [0, 0.05) is 34.5 Å². The minimum absolute atomic E-state index is 0.0727. The Kier molecular flexibility index (Phi) is 5.41. The summed E-state index contributed by atoms with van der Waals surface area (Å²) < 4.78 is 65.9. The summed E-state index contributed by atoms with van der Waals surface area (Å²) in [6, 6.07) is 5.12. The average Bonchev–Trinajstić information content (AvgIpc) is 3.20. The molecule has 0 radical (unpaired) electrons. The van der Waals surface area contributed by atoms with Crippen LogP contribution in [0, 0.1) is 0 Å². The molecule has 1 atom stereocenters. The SMILES string of the molecule is NS(=O)(=O)c1cccc(C(F)(F)F)c1-c1cc(Cl)cnc1C(O)c1ccnc2[nH]ncc12. The topological polar surface area (TPSA) is 135 Å². The van der Waals surface area contributed by atoms with E-state index < -0.39 is 38.3 Å². The highest BCUT2D eigenvalue weighted by Crippen LogP contribution is 2.43. The van der Waals surface area contributed by atoms with Crippen LogP contribution in [0.15, 0.2) is 53.8 Å². The number of pyridine rings is 2. The highest BCUT2D eigenvalue weighted by Gasteiger charge is 2.37. The van der Waals surface area contributed by atoms with Gasteiger partial charge in [-0.15, -0.1) is 0 Å². The molecule has 0 saturated heterocycles. The summed E-state index contributed by atoms with van der Waals surface area (Å²) in [5.41, 5.74) is -2.06. The Morgan fingerprint density at radius 2 is 1.91 bits per heavy atom. The number of nitrogens with two attached hydrogens (primary N) is 1. The van der Waals surface area contributed by atoms with Gasteiger partial charge in [-0.2, -0.15) is 18.3 Å². The summed E-state index contributed by atoms with van der Waals surface area (Å²) in [4.78, 5) is 7.30. The Balaban J connectivity index is 2.06. The predicted molar refractivity (Wildman–Crippen MR) is 109 cm³/mol. The number of aliphatic hydroxyl groups is 1. The minimum atomic E-state index is -4.94. The number of hydrogen-bond acceptors (Lipinski definition) is 6. The molecule has 1 unspecified atom stereocenters. The van der Waals surface area contributed by atoms with Gasteiger partial charge in [-0.3, -0.25) is 10.1 Å². The van der Waals surface area contributed by atoms with Crippen molar-refractivity contribution in [1.82, 2.24) is 20.2 Å². The number of nitrogens with zero attached hydrogens (tertiary/aromatic N) is 3. The number of aromatic amines is 1. The number of fused-ring (bicyclic) bond motifs is 1. The number of H-pyrrole nitrogens is 1. The van der Waals surface area contributed by atoms with Crippen molar-refractivity contribution in [3.05, 3.63) is 70.8 Å². The van der Waals surface area contributed by atoms with E-state index in [0.717, 1.165) is 24.4 Å². The van der Waals surface area contributed by atoms with Crippen molar-refractivity contribution in [3.63, 3.8) is 0 Å². The molecule has 13 heteroatoms. The van der Waals surface area contributed by atoms with Crippen molar-refractivity contribution in [1.29, 1.82) is 0 Å². The van der Waals surface area contributed by atoms with E-state index in [4.69, 9.17) is 16.7 Å². The molecule has 4 rings (SSSR count). The second-order valence-electron chi connectivity index (χ2n) is 6.74. The highest BCUT2D eigenvalue weighted by molar-refractivity contribution is 7.89. The van der Waals surface area contributed by atoms with Gasteiger partial charge in [-0.05, 0) is 24.3 Å². The van der Waals surface area contributed by atoms with Crippen LogP contribution in [0.5, 0.6) is 0 Å². The normalized spacial score (nSPS) is 13.4. The van der Waals surface area contributed by atoms with E-state index in [1.54, 1.807) is 0 Å². The molecule has 0 saturated carbocycles. The molecule has 0 amide bonds. The van der Waals surface area contributed by atoms with Crippen LogP contribution in [0.1, 0.15) is 22.9 Å². The molecule has 1 aromatic carbocycles. The fourth-order valence-electron chi connectivity index (χ4n) is 3.41. The number of halogens is 4. The zero-order chi connectivity index (χ0) is 23.3. The summed E-state index contributed by atoms with van der Waals surface area (Å²) >= 11 is 6.00. The van der Waals surface area contributed by atoms with E-state index >= 15 is 0 Å². The molecule has 3 aromatic heterocycles. The maximum Gasteiger partial charge on any atom is 0.417 e. The number of primary sulfonamides is 1. The molecule has 166 valence electrons. The van der Waals surface area contributed by atoms with E-state index in [2.05, 4.69) is 20.2 Å². The number of alkyl halides is 3. The van der Waals surface area contributed by atoms with Crippen molar-refractivity contribution in [2.45, 2.75) is 17.2 Å². The molecule has 0 aliphatic heterocycles. The lowest BCUT2D eigenvalue weighted by Crippen LogP contribution is -2.18. The van der Waals surface area contributed by atoms with Crippen LogP contribution < -0.4 is 5.14 Å². The maximum atomic E-state index is 13.9. The first-order chi connectivity index (χ1) is 15.0. The van der Waals surface area contributed by atoms with Crippen molar-refractivity contribution >= 4 is 32.7 Å². The van der Waals surface area contributed by atoms with E-state index in [1.807, 2.05) is 0 Å². The van der Waals surface area contributed by atoms with Crippen LogP contribution in [-0.4, -0.2) is 33.7 Å². The van der Waals surface area contributed by atoms with E-state index in [9.17, 15) is 26.7 Å². The maximum absolute atomic E-state index is 13.9. The first kappa shape index (κ1) is 22.1. The molecule has 32 heavy (non-hydrogen) atoms. The standard InChI is InChI=1S/C19H13ClF3N5O3S/c20-9-6-11(15-13(19(21,22)23)2-1-3-14(15)32(24,30)31)16(26-7-9)17(29)10-4-5-25-18-12(10)8-27-28-18/h1-8,17,29H,(H2,24,30,31)(H,25,27,28). The monoisotopic (exact) mass is 483 g/mol. The number of aromatic nitrogens is 4. The lowest BCUT2D eigenvalue weighted by molar-refractivity contribution is -0.137. The number of hydrogen-bond donors (Lipinski definition) is 3. The second kappa shape index (κ2) is 7.81. The third-order valence-electron chi connectivity index (χ3n) is 4.73. The van der Waals surface area contributed by atoms with Gasteiger partial charge in [0.15, 0.2) is 5.65 Å². The van der Waals surface area contributed by atoms with Gasteiger partial charge in [0.25, 0.3) is 0 Å². The second-order valence-corrected chi connectivity index (χ2v) is 8.71. The Morgan fingerprint density at radius 1 is 1.16 bits per heavy atom. The fraction of sp³-hybridized carbons (Fsp3) is 0.105. The first-order valence-electron chi connectivity index (χ1n) is 8.83. The largest absolute Gasteiger partial charge is 0.417 e. The molecule has 4 aromatic rings. The van der Waals surface area contributed by atoms with Crippen LogP contribution in [0.3, 0.4) is 0 Å². The van der Waals surface area contributed by atoms with E-state index in [0.29, 0.717) is 17.1 Å². The van der Waals surface area contributed by atoms with E-state index in [1.165, 1.54) is 18.5 Å². The summed E-state index contributed by atoms with van der Waals surface area (Å²) in [5.74, 6) is 0. The molecule has 0 bridgehead atoms. The van der Waals surface area contributed by atoms with Gasteiger partial charge in [0.2, 0.25) is 10.0 Å². The van der Waals surface area contributed by atoms with Crippen molar-refractivity contribution in [2.75, 3.05) is 0 Å². The predicted octanol–water partition coefficient (Wildman–Crippen LogP) is 3.42. The average molecular weight is 484 g/mol. The molecule has 8 nitrogen and oxygen atoms in total. The number of aliphatic hydroxyl groups excluding tert-OH is 1. The van der Waals surface area contributed by atoms with Crippen LogP contribution in [-0.2, 0) is 16.2 Å². The summed E-state index contributed by atoms with van der Waals surface area (Å²) in [7, 11) is -4.59. The van der Waals surface area contributed by atoms with Gasteiger partial charge in [0.1, 0.15) is 6.10 Å². The van der Waals surface area contributed by atoms with Crippen molar-refractivity contribution in [3.8, 4) is 11.1 Å². The molecule has 0 fully saturated rings. The summed E-state index contributed by atoms with van der Waals surface area (Å²) in [6.07, 6.45) is -2.62. The van der Waals surface area contributed by atoms with Crippen molar-refractivity contribution in [2.24, 2.45) is 5.14 Å². The Bertz CT molecular complexity index is 1440. The summed E-state index contributed by atoms with van der Waals surface area (Å²) in [6.45, 7) is 0. The van der Waals surface area contributed by atoms with Gasteiger partial charge in [-0.25, -0.2) is 18.5 Å². The molecule has 0 aliphatic rings. The smallest absolute Gasteiger partial charge is 0.382 e. The first-order valence-corrected chi connectivity index (χ1v) is 10.8. The molecular weight excluding hydrogens is 471 g/mol. The van der Waals surface area contributed by atoms with Crippen molar-refractivity contribution < 1.29 is 26.7 Å². The fourth-order valence-corrected chi connectivity index (χ4v) is 4.34. The molecule has 0 aliphatic carbocycles. The minimum Gasteiger partial charge on any atom is -0.382 e. The highest BCUT2D eigenvalue weighted by atomic mass is 35.5. The van der Waals surface area contributed by atoms with Crippen LogP contribution in [0.4, 0.5) is 13.2 Å². The Labute approximate surface area is 183 Å². The third kappa shape index (κ3) is 3.93. The van der Waals surface area contributed by atoms with Crippen LogP contribution in [0.2, 0.25) is 5.02 Å². The lowest BCUT2D eigenvalue weighted by Gasteiger charge is -2.21. The van der Waals surface area contributed by atoms with Gasteiger partial charge >= 0.3 is 6.18 Å². The number of nitrogens with one attached hydrogen (secondary N) is 1. The number of rotatable bonds is 4. The quantitative estimate of drug-likeness (QED) is 0.407. The van der Waals surface area contributed by atoms with Gasteiger partial charge in [-0.1, -0.05) is 17.7 Å². The number of sulfonamides is 1. The Morgan fingerprint density at radius 3 is 2.59 bits per heavy atom.